The van der Waals surface area contributed by atoms with Gasteiger partial charge in [-0.2, -0.15) is 0 Å². The number of nitrogens with zero attached hydrogens (tertiary/aromatic N) is 2. The predicted molar refractivity (Wildman–Crippen MR) is 104 cm³/mol. The van der Waals surface area contributed by atoms with E-state index >= 15 is 0 Å². The fourth-order valence-electron chi connectivity index (χ4n) is 3.76. The molecule has 0 aliphatic carbocycles. The van der Waals surface area contributed by atoms with E-state index in [1.54, 1.807) is 7.11 Å². The molecule has 1 atom stereocenters. The fraction of sp³-hybridized carbons (Fsp3) is 0.318. The van der Waals surface area contributed by atoms with E-state index in [-0.39, 0.29) is 0 Å². The molecule has 0 radical (unpaired) electrons. The van der Waals surface area contributed by atoms with Gasteiger partial charge in [0.05, 0.1) is 18.3 Å². The van der Waals surface area contributed by atoms with Gasteiger partial charge in [-0.1, -0.05) is 18.2 Å². The van der Waals surface area contributed by atoms with E-state index in [1.807, 2.05) is 12.1 Å². The molecule has 2 heterocycles. The zero-order valence-corrected chi connectivity index (χ0v) is 14.9. The van der Waals surface area contributed by atoms with Crippen molar-refractivity contribution in [2.24, 2.45) is 0 Å². The van der Waals surface area contributed by atoms with Crippen molar-refractivity contribution in [2.45, 2.75) is 32.2 Å². The number of hydrogen-bond donors (Lipinski definition) is 0. The quantitative estimate of drug-likeness (QED) is 0.651. The number of para-hydroxylation sites is 1. The molecule has 1 aromatic heterocycles. The number of benzene rings is 2. The minimum Gasteiger partial charge on any atom is -0.497 e. The highest BCUT2D eigenvalue weighted by atomic mass is 16.5. The normalized spacial score (nSPS) is 17.7. The average Bonchev–Trinajstić information content (AvgIpc) is 2.68. The van der Waals surface area contributed by atoms with Crippen LogP contribution in [0.5, 0.6) is 5.75 Å². The summed E-state index contributed by atoms with van der Waals surface area (Å²) in [6.07, 6.45) is 3.85. The third-order valence-corrected chi connectivity index (χ3v) is 5.19. The molecule has 0 N–H and O–H groups in total. The van der Waals surface area contributed by atoms with Crippen molar-refractivity contribution >= 4 is 16.6 Å². The lowest BCUT2D eigenvalue weighted by atomic mass is 10.0. The van der Waals surface area contributed by atoms with Gasteiger partial charge in [-0.3, -0.25) is 0 Å². The van der Waals surface area contributed by atoms with Crippen molar-refractivity contribution in [3.63, 3.8) is 0 Å². The maximum absolute atomic E-state index is 5.28. The van der Waals surface area contributed by atoms with Crippen LogP contribution in [-0.4, -0.2) is 24.7 Å². The number of rotatable bonds is 3. The summed E-state index contributed by atoms with van der Waals surface area (Å²) in [4.78, 5) is 7.47. The van der Waals surface area contributed by atoms with Crippen molar-refractivity contribution < 1.29 is 4.74 Å². The summed E-state index contributed by atoms with van der Waals surface area (Å²) < 4.78 is 5.28. The van der Waals surface area contributed by atoms with Crippen molar-refractivity contribution in [1.82, 2.24) is 4.98 Å². The standard InChI is InChI=1S/C22H24N2O/c1-16-7-5-6-14-24(16)22-15-21(17-10-12-18(25-2)13-11-17)23-20-9-4-3-8-19(20)22/h3-4,8-13,15-16H,5-7,14H2,1-2H3/t16-/m0/s1. The van der Waals surface area contributed by atoms with E-state index in [4.69, 9.17) is 9.72 Å². The molecule has 25 heavy (non-hydrogen) atoms. The number of aromatic nitrogens is 1. The predicted octanol–water partition coefficient (Wildman–Crippen LogP) is 5.29. The molecule has 3 aromatic rings. The lowest BCUT2D eigenvalue weighted by molar-refractivity contribution is 0.415. The molecule has 1 aliphatic heterocycles. The molecular weight excluding hydrogens is 308 g/mol. The number of anilines is 1. The van der Waals surface area contributed by atoms with Gasteiger partial charge in [-0.05, 0) is 62.6 Å². The van der Waals surface area contributed by atoms with Crippen LogP contribution in [0.1, 0.15) is 26.2 Å². The third-order valence-electron chi connectivity index (χ3n) is 5.19. The monoisotopic (exact) mass is 332 g/mol. The number of fused-ring (bicyclic) bond motifs is 1. The largest absolute Gasteiger partial charge is 0.497 e. The number of piperidine rings is 1. The van der Waals surface area contributed by atoms with Gasteiger partial charge in [0, 0.05) is 29.2 Å². The molecule has 0 bridgehead atoms. The van der Waals surface area contributed by atoms with Crippen molar-refractivity contribution in [1.29, 1.82) is 0 Å². The van der Waals surface area contributed by atoms with Crippen LogP contribution < -0.4 is 9.64 Å². The number of pyridine rings is 1. The van der Waals surface area contributed by atoms with Crippen LogP contribution in [0.25, 0.3) is 22.2 Å². The molecule has 2 aromatic carbocycles. The molecule has 0 amide bonds. The summed E-state index contributed by atoms with van der Waals surface area (Å²) in [6, 6.07) is 19.5. The van der Waals surface area contributed by atoms with E-state index in [0.29, 0.717) is 6.04 Å². The Morgan fingerprint density at radius 3 is 2.60 bits per heavy atom. The second-order valence-electron chi connectivity index (χ2n) is 6.81. The average molecular weight is 332 g/mol. The summed E-state index contributed by atoms with van der Waals surface area (Å²) in [6.45, 7) is 3.46. The highest BCUT2D eigenvalue weighted by molar-refractivity contribution is 5.94. The first kappa shape index (κ1) is 15.9. The summed E-state index contributed by atoms with van der Waals surface area (Å²) in [7, 11) is 1.69. The Morgan fingerprint density at radius 1 is 1.04 bits per heavy atom. The van der Waals surface area contributed by atoms with E-state index in [1.165, 1.54) is 30.3 Å². The Balaban J connectivity index is 1.85. The second kappa shape index (κ2) is 6.75. The fourth-order valence-corrected chi connectivity index (χ4v) is 3.76. The summed E-state index contributed by atoms with van der Waals surface area (Å²) in [5, 5.41) is 1.24. The lowest BCUT2D eigenvalue weighted by Crippen LogP contribution is -2.37. The van der Waals surface area contributed by atoms with Gasteiger partial charge in [0.25, 0.3) is 0 Å². The zero-order chi connectivity index (χ0) is 17.2. The maximum atomic E-state index is 5.28. The topological polar surface area (TPSA) is 25.4 Å². The van der Waals surface area contributed by atoms with Crippen LogP contribution in [0.3, 0.4) is 0 Å². The maximum Gasteiger partial charge on any atom is 0.118 e. The van der Waals surface area contributed by atoms with Crippen molar-refractivity contribution in [2.75, 3.05) is 18.6 Å². The van der Waals surface area contributed by atoms with Gasteiger partial charge >= 0.3 is 0 Å². The summed E-state index contributed by atoms with van der Waals surface area (Å²) in [5.74, 6) is 0.870. The van der Waals surface area contributed by atoms with Crippen LogP contribution in [0.4, 0.5) is 5.69 Å². The molecule has 3 nitrogen and oxygen atoms in total. The Morgan fingerprint density at radius 2 is 1.84 bits per heavy atom. The zero-order valence-electron chi connectivity index (χ0n) is 14.9. The van der Waals surface area contributed by atoms with Gasteiger partial charge in [0.15, 0.2) is 0 Å². The Bertz CT molecular complexity index is 873. The molecule has 0 spiro atoms. The molecule has 4 rings (SSSR count). The molecule has 3 heteroatoms. The van der Waals surface area contributed by atoms with Crippen LogP contribution in [0.15, 0.2) is 54.6 Å². The van der Waals surface area contributed by atoms with Crippen LogP contribution in [0.2, 0.25) is 0 Å². The smallest absolute Gasteiger partial charge is 0.118 e. The minimum atomic E-state index is 0.572. The summed E-state index contributed by atoms with van der Waals surface area (Å²) in [5.41, 5.74) is 4.51. The first-order valence-electron chi connectivity index (χ1n) is 9.07. The number of ether oxygens (including phenoxy) is 1. The first-order chi connectivity index (χ1) is 12.3. The van der Waals surface area contributed by atoms with E-state index < -0.39 is 0 Å². The van der Waals surface area contributed by atoms with E-state index in [2.05, 4.69) is 54.3 Å². The molecule has 1 aliphatic rings. The SMILES string of the molecule is COc1ccc(-c2cc(N3CCCC[C@@H]3C)c3ccccc3n2)cc1. The second-order valence-corrected chi connectivity index (χ2v) is 6.81. The van der Waals surface area contributed by atoms with Crippen LogP contribution in [-0.2, 0) is 0 Å². The van der Waals surface area contributed by atoms with Crippen LogP contribution >= 0.6 is 0 Å². The molecule has 1 saturated heterocycles. The first-order valence-corrected chi connectivity index (χ1v) is 9.07. The van der Waals surface area contributed by atoms with E-state index in [9.17, 15) is 0 Å². The Hall–Kier alpha value is -2.55. The molecule has 0 saturated carbocycles. The van der Waals surface area contributed by atoms with Crippen LogP contribution in [0, 0.1) is 0 Å². The third kappa shape index (κ3) is 3.07. The van der Waals surface area contributed by atoms with Gasteiger partial charge < -0.3 is 9.64 Å². The molecular formula is C22H24N2O. The van der Waals surface area contributed by atoms with Crippen molar-refractivity contribution in [3.05, 3.63) is 54.6 Å². The molecule has 0 unspecified atom stereocenters. The number of hydrogen-bond acceptors (Lipinski definition) is 3. The highest BCUT2D eigenvalue weighted by Gasteiger charge is 2.21. The molecule has 1 fully saturated rings. The van der Waals surface area contributed by atoms with Crippen molar-refractivity contribution in [3.8, 4) is 17.0 Å². The highest BCUT2D eigenvalue weighted by Crippen LogP contribution is 2.34. The Kier molecular flexibility index (Phi) is 4.31. The van der Waals surface area contributed by atoms with Gasteiger partial charge in [0.1, 0.15) is 5.75 Å². The lowest BCUT2D eigenvalue weighted by Gasteiger charge is -2.36. The summed E-state index contributed by atoms with van der Waals surface area (Å²) >= 11 is 0. The van der Waals surface area contributed by atoms with Gasteiger partial charge in [-0.15, -0.1) is 0 Å². The number of methoxy groups -OCH3 is 1. The minimum absolute atomic E-state index is 0.572. The van der Waals surface area contributed by atoms with Gasteiger partial charge in [-0.25, -0.2) is 4.98 Å². The Labute approximate surface area is 149 Å². The van der Waals surface area contributed by atoms with E-state index in [0.717, 1.165) is 29.1 Å². The molecule has 128 valence electrons. The van der Waals surface area contributed by atoms with Gasteiger partial charge in [0.2, 0.25) is 0 Å².